The van der Waals surface area contributed by atoms with Gasteiger partial charge in [0.2, 0.25) is 0 Å². The van der Waals surface area contributed by atoms with Gasteiger partial charge < -0.3 is 59.4 Å². The Kier molecular flexibility index (Phi) is 17.4. The molecular weight excluding hydrogens is 1070 g/mol. The summed E-state index contributed by atoms with van der Waals surface area (Å²) in [5.74, 6) is -3.00. The lowest BCUT2D eigenvalue weighted by atomic mass is 9.68. The first-order valence-corrected chi connectivity index (χ1v) is 28.2. The highest BCUT2D eigenvalue weighted by Gasteiger charge is 2.49. The molecule has 6 aliphatic rings. The Hall–Kier alpha value is -6.14. The third-order valence-electron chi connectivity index (χ3n) is 18.1. The number of aliphatic carboxylic acids is 2. The summed E-state index contributed by atoms with van der Waals surface area (Å²) in [6.45, 7) is 10.9. The fourth-order valence-electron chi connectivity index (χ4n) is 13.6. The van der Waals surface area contributed by atoms with E-state index in [1.807, 2.05) is 24.3 Å². The second kappa shape index (κ2) is 23.8. The minimum Gasteiger partial charge on any atom is -0.490 e. The molecule has 428 valence electrons. The number of hydrogen-bond donors (Lipinski definition) is 6. The molecule has 0 saturated heterocycles. The van der Waals surface area contributed by atoms with Gasteiger partial charge in [0.05, 0.1) is 63.9 Å². The molecule has 0 bridgehead atoms. The van der Waals surface area contributed by atoms with Gasteiger partial charge in [-0.1, -0.05) is 59.6 Å². The van der Waals surface area contributed by atoms with Crippen molar-refractivity contribution in [1.82, 2.24) is 0 Å². The molecule has 18 heteroatoms. The van der Waals surface area contributed by atoms with E-state index in [1.54, 1.807) is 36.4 Å². The highest BCUT2D eigenvalue weighted by atomic mass is 35.5. The standard InChI is InChI=1S/2C31H36ClNO7/c2*1-3-26(34)23-9-6-20(23)16-33-17-30(12-4-5-19-13-22(32)8-10-24(19)30)18-40-27-11-7-21(14-25(27)33)31(38,15-28(35)36)29(37)39-2/h2*3,7-8,10-11,13-14,20,23,26,34,38H,1,4-6,9,12,15-18H2,2H3,(H,35,36)/t20-,23+,26-,30-,31+;20-,23+,26-,30-,31-/m00/s1. The monoisotopic (exact) mass is 1140 g/mol. The van der Waals surface area contributed by atoms with Crippen LogP contribution in [-0.2, 0) is 63.5 Å². The highest BCUT2D eigenvalue weighted by molar-refractivity contribution is 6.31. The Bertz CT molecular complexity index is 2830. The predicted octanol–water partition coefficient (Wildman–Crippen LogP) is 8.44. The van der Waals surface area contributed by atoms with E-state index in [-0.39, 0.29) is 45.6 Å². The molecule has 10 rings (SSSR count). The molecule has 0 radical (unpaired) electrons. The maximum atomic E-state index is 12.7. The number of aryl methyl sites for hydroxylation is 2. The zero-order valence-corrected chi connectivity index (χ0v) is 46.8. The highest BCUT2D eigenvalue weighted by Crippen LogP contribution is 2.50. The van der Waals surface area contributed by atoms with Gasteiger partial charge in [-0.2, -0.15) is 0 Å². The first kappa shape index (κ1) is 58.5. The van der Waals surface area contributed by atoms with Gasteiger partial charge in [-0.3, -0.25) is 9.59 Å². The van der Waals surface area contributed by atoms with E-state index in [2.05, 4.69) is 35.1 Å². The van der Waals surface area contributed by atoms with E-state index in [0.717, 1.165) is 78.4 Å². The minimum atomic E-state index is -2.36. The molecule has 2 aliphatic heterocycles. The number of aliphatic hydroxyl groups is 4. The number of aliphatic hydroxyl groups excluding tert-OH is 2. The first-order chi connectivity index (χ1) is 38.2. The third kappa shape index (κ3) is 11.4. The maximum Gasteiger partial charge on any atom is 0.343 e. The van der Waals surface area contributed by atoms with Gasteiger partial charge >= 0.3 is 23.9 Å². The van der Waals surface area contributed by atoms with Crippen molar-refractivity contribution >= 4 is 58.5 Å². The quantitative estimate of drug-likeness (QED) is 0.0456. The number of nitrogens with zero attached hydrogens (tertiary/aromatic N) is 2. The van der Waals surface area contributed by atoms with Crippen LogP contribution in [0.3, 0.4) is 0 Å². The SMILES string of the molecule is C=C[C@H](O)[C@@H]1CC[C@H]1CN1C[C@@]2(CCCc3cc(Cl)ccc32)COc2ccc([C@@](O)(CC(=O)O)C(=O)OC)cc21.C=C[C@H](O)[C@@H]1CC[C@H]1CN1C[C@@]2(CCCc3cc(Cl)ccc32)COc2ccc([C@](O)(CC(=O)O)C(=O)OC)cc21. The molecule has 80 heavy (non-hydrogen) atoms. The topological polar surface area (TPSA) is 233 Å². The summed E-state index contributed by atoms with van der Waals surface area (Å²) in [5.41, 5.74) is 1.02. The first-order valence-electron chi connectivity index (χ1n) is 27.5. The van der Waals surface area contributed by atoms with Crippen molar-refractivity contribution in [3.63, 3.8) is 0 Å². The lowest BCUT2D eigenvalue weighted by Gasteiger charge is -2.45. The number of esters is 2. The largest absolute Gasteiger partial charge is 0.490 e. The molecule has 0 amide bonds. The molecule has 2 spiro atoms. The summed E-state index contributed by atoms with van der Waals surface area (Å²) < 4.78 is 22.5. The van der Waals surface area contributed by atoms with Gasteiger partial charge in [0.15, 0.2) is 11.2 Å². The van der Waals surface area contributed by atoms with E-state index >= 15 is 0 Å². The van der Waals surface area contributed by atoms with Crippen LogP contribution in [0.1, 0.15) is 97.6 Å². The smallest absolute Gasteiger partial charge is 0.343 e. The number of carboxylic acids is 2. The Morgan fingerprint density at radius 2 is 1.05 bits per heavy atom. The molecule has 0 unspecified atom stereocenters. The number of carbonyl (C=O) groups excluding carboxylic acids is 2. The van der Waals surface area contributed by atoms with Crippen LogP contribution >= 0.6 is 23.2 Å². The number of ether oxygens (including phenoxy) is 4. The summed E-state index contributed by atoms with van der Waals surface area (Å²) in [7, 11) is 2.23. The molecule has 4 aromatic rings. The van der Waals surface area contributed by atoms with Crippen molar-refractivity contribution in [1.29, 1.82) is 0 Å². The van der Waals surface area contributed by atoms with Crippen LogP contribution in [0.4, 0.5) is 11.4 Å². The van der Waals surface area contributed by atoms with Crippen molar-refractivity contribution in [2.75, 3.05) is 63.4 Å². The normalized spacial score (nSPS) is 25.8. The van der Waals surface area contributed by atoms with Crippen molar-refractivity contribution in [3.05, 3.63) is 142 Å². The predicted molar refractivity (Wildman–Crippen MR) is 302 cm³/mol. The molecule has 2 saturated carbocycles. The average molecular weight is 1140 g/mol. The Morgan fingerprint density at radius 1 is 0.650 bits per heavy atom. The molecule has 4 aromatic carbocycles. The number of hydrogen-bond acceptors (Lipinski definition) is 14. The fourth-order valence-corrected chi connectivity index (χ4v) is 13.9. The van der Waals surface area contributed by atoms with Gasteiger partial charge in [0.1, 0.15) is 11.5 Å². The van der Waals surface area contributed by atoms with Crippen LogP contribution < -0.4 is 19.3 Å². The van der Waals surface area contributed by atoms with E-state index in [1.165, 1.54) is 34.4 Å². The van der Waals surface area contributed by atoms with Crippen molar-refractivity contribution in [2.45, 2.75) is 111 Å². The molecule has 10 atom stereocenters. The fraction of sp³-hybridized carbons (Fsp3) is 0.484. The number of methoxy groups -OCH3 is 2. The Labute approximate surface area is 476 Å². The van der Waals surface area contributed by atoms with Crippen molar-refractivity contribution < 1.29 is 68.8 Å². The minimum absolute atomic E-state index is 0.0840. The average Bonchev–Trinajstić information content (AvgIpc) is 3.71. The van der Waals surface area contributed by atoms with Crippen LogP contribution in [0.2, 0.25) is 10.0 Å². The lowest BCUT2D eigenvalue weighted by molar-refractivity contribution is -0.169. The van der Waals surface area contributed by atoms with Gasteiger partial charge in [-0.25, -0.2) is 9.59 Å². The van der Waals surface area contributed by atoms with Crippen LogP contribution in [0.25, 0.3) is 0 Å². The molecule has 0 aromatic heterocycles. The molecular formula is C62H72Cl2N2O14. The van der Waals surface area contributed by atoms with E-state index in [4.69, 9.17) is 42.1 Å². The summed E-state index contributed by atoms with van der Waals surface area (Å²) in [4.78, 5) is 53.0. The second-order valence-electron chi connectivity index (χ2n) is 22.9. The van der Waals surface area contributed by atoms with Crippen LogP contribution in [-0.4, -0.2) is 120 Å². The zero-order chi connectivity index (χ0) is 57.3. The summed E-state index contributed by atoms with van der Waals surface area (Å²) in [6.07, 6.45) is 9.66. The molecule has 4 aliphatic carbocycles. The van der Waals surface area contributed by atoms with Gasteiger partial charge in [-0.15, -0.1) is 13.2 Å². The van der Waals surface area contributed by atoms with E-state index in [0.29, 0.717) is 72.3 Å². The van der Waals surface area contributed by atoms with Gasteiger partial charge in [0.25, 0.3) is 0 Å². The van der Waals surface area contributed by atoms with Crippen LogP contribution in [0.5, 0.6) is 11.5 Å². The Balaban J connectivity index is 0.000000194. The molecule has 16 nitrogen and oxygen atoms in total. The molecule has 2 heterocycles. The third-order valence-corrected chi connectivity index (χ3v) is 18.6. The number of carboxylic acid groups (broad SMARTS) is 2. The van der Waals surface area contributed by atoms with Crippen LogP contribution in [0, 0.1) is 23.7 Å². The molecule has 6 N–H and O–H groups in total. The van der Waals surface area contributed by atoms with E-state index in [9.17, 15) is 49.8 Å². The summed E-state index contributed by atoms with van der Waals surface area (Å²) in [5, 5.41) is 64.0. The van der Waals surface area contributed by atoms with Crippen molar-refractivity contribution in [2.24, 2.45) is 23.7 Å². The number of carbonyl (C=O) groups is 4. The second-order valence-corrected chi connectivity index (χ2v) is 23.7. The number of halogens is 2. The number of fused-ring (bicyclic) bond motifs is 6. The number of rotatable bonds is 16. The molecule has 2 fully saturated rings. The zero-order valence-electron chi connectivity index (χ0n) is 45.3. The summed E-state index contributed by atoms with van der Waals surface area (Å²) in [6, 6.07) is 21.8. The maximum absolute atomic E-state index is 12.7. The number of benzene rings is 4. The van der Waals surface area contributed by atoms with Crippen LogP contribution in [0.15, 0.2) is 98.1 Å². The summed E-state index contributed by atoms with van der Waals surface area (Å²) >= 11 is 12.7. The van der Waals surface area contributed by atoms with Gasteiger partial charge in [-0.05, 0) is 170 Å². The van der Waals surface area contributed by atoms with E-state index < -0.39 is 60.1 Å². The lowest BCUT2D eigenvalue weighted by Crippen LogP contribution is -2.49. The van der Waals surface area contributed by atoms with Crippen molar-refractivity contribution in [3.8, 4) is 11.5 Å². The number of anilines is 2. The Morgan fingerprint density at radius 3 is 1.39 bits per heavy atom. The van der Waals surface area contributed by atoms with Gasteiger partial charge in [0, 0.05) is 47.1 Å².